The van der Waals surface area contributed by atoms with E-state index in [1.807, 2.05) is 6.07 Å². The standard InChI is InChI=1S/C24H27FN2O5S/c1-14-6-8-17(13-18(14)25)27-15(2)21(23(28)32-11-10-29-3)22(26-24(27)33)16-7-9-19(30-4)20(12-16)31-5/h6-9,12-13,22H,10-11H2,1-5H3,(H,26,33). The van der Waals surface area contributed by atoms with Crippen molar-refractivity contribution in [1.29, 1.82) is 0 Å². The van der Waals surface area contributed by atoms with Crippen LogP contribution in [0.25, 0.3) is 0 Å². The summed E-state index contributed by atoms with van der Waals surface area (Å²) in [5.74, 6) is 0.170. The van der Waals surface area contributed by atoms with Gasteiger partial charge in [0.25, 0.3) is 0 Å². The molecule has 1 aliphatic rings. The average Bonchev–Trinajstić information content (AvgIpc) is 2.80. The van der Waals surface area contributed by atoms with E-state index in [0.29, 0.717) is 39.1 Å². The number of rotatable bonds is 8. The number of thiocarbonyl (C=S) groups is 1. The highest BCUT2D eigenvalue weighted by atomic mass is 32.1. The molecule has 7 nitrogen and oxygen atoms in total. The van der Waals surface area contributed by atoms with Crippen molar-refractivity contribution in [3.8, 4) is 11.5 Å². The molecule has 0 saturated heterocycles. The topological polar surface area (TPSA) is 69.3 Å². The van der Waals surface area contributed by atoms with E-state index in [4.69, 9.17) is 31.2 Å². The van der Waals surface area contributed by atoms with Crippen LogP contribution in [0.2, 0.25) is 0 Å². The maximum Gasteiger partial charge on any atom is 0.338 e. The molecule has 0 saturated carbocycles. The van der Waals surface area contributed by atoms with Gasteiger partial charge < -0.3 is 24.3 Å². The van der Waals surface area contributed by atoms with Gasteiger partial charge in [0.1, 0.15) is 12.4 Å². The smallest absolute Gasteiger partial charge is 0.338 e. The number of methoxy groups -OCH3 is 3. The third-order valence-electron chi connectivity index (χ3n) is 5.38. The largest absolute Gasteiger partial charge is 0.493 e. The molecule has 0 radical (unpaired) electrons. The summed E-state index contributed by atoms with van der Waals surface area (Å²) in [6.07, 6.45) is 0. The van der Waals surface area contributed by atoms with Crippen LogP contribution in [0.1, 0.15) is 24.1 Å². The molecule has 1 N–H and O–H groups in total. The lowest BCUT2D eigenvalue weighted by molar-refractivity contribution is -0.140. The number of nitrogens with zero attached hydrogens (tertiary/aromatic N) is 1. The van der Waals surface area contributed by atoms with Gasteiger partial charge in [-0.1, -0.05) is 12.1 Å². The number of esters is 1. The first-order valence-electron chi connectivity index (χ1n) is 10.3. The zero-order valence-electron chi connectivity index (χ0n) is 19.2. The second kappa shape index (κ2) is 10.6. The van der Waals surface area contributed by atoms with Crippen molar-refractivity contribution in [1.82, 2.24) is 5.32 Å². The van der Waals surface area contributed by atoms with Crippen molar-refractivity contribution in [3.05, 3.63) is 64.6 Å². The van der Waals surface area contributed by atoms with Gasteiger partial charge in [-0.05, 0) is 61.5 Å². The van der Waals surface area contributed by atoms with Gasteiger partial charge in [0, 0.05) is 12.8 Å². The molecule has 9 heteroatoms. The minimum Gasteiger partial charge on any atom is -0.493 e. The fourth-order valence-corrected chi connectivity index (χ4v) is 3.98. The summed E-state index contributed by atoms with van der Waals surface area (Å²) >= 11 is 5.63. The maximum atomic E-state index is 14.3. The van der Waals surface area contributed by atoms with Gasteiger partial charge in [0.2, 0.25) is 0 Å². The van der Waals surface area contributed by atoms with Gasteiger partial charge in [-0.15, -0.1) is 0 Å². The second-order valence-electron chi connectivity index (χ2n) is 7.39. The quantitative estimate of drug-likeness (QED) is 0.349. The molecule has 0 fully saturated rings. The summed E-state index contributed by atoms with van der Waals surface area (Å²) in [6.45, 7) is 3.79. The van der Waals surface area contributed by atoms with Gasteiger partial charge in [-0.2, -0.15) is 0 Å². The molecule has 0 spiro atoms. The first-order valence-corrected chi connectivity index (χ1v) is 10.7. The summed E-state index contributed by atoms with van der Waals surface area (Å²) in [5.41, 5.74) is 2.61. The minimum atomic E-state index is -0.612. The number of benzene rings is 2. The predicted molar refractivity (Wildman–Crippen MR) is 127 cm³/mol. The fourth-order valence-electron chi connectivity index (χ4n) is 3.62. The Hall–Kier alpha value is -3.17. The van der Waals surface area contributed by atoms with Crippen LogP contribution >= 0.6 is 12.2 Å². The molecule has 1 unspecified atom stereocenters. The van der Waals surface area contributed by atoms with Crippen LogP contribution in [-0.2, 0) is 14.3 Å². The number of ether oxygens (including phenoxy) is 4. The Labute approximate surface area is 198 Å². The van der Waals surface area contributed by atoms with Crippen LogP contribution in [-0.4, -0.2) is 45.6 Å². The number of allylic oxidation sites excluding steroid dienone is 1. The Bertz CT molecular complexity index is 1090. The summed E-state index contributed by atoms with van der Waals surface area (Å²) < 4.78 is 35.5. The molecular formula is C24H27FN2O5S. The van der Waals surface area contributed by atoms with Gasteiger partial charge in [0.15, 0.2) is 16.6 Å². The van der Waals surface area contributed by atoms with E-state index in [1.165, 1.54) is 20.3 Å². The highest BCUT2D eigenvalue weighted by Crippen LogP contribution is 2.37. The number of halogens is 1. The predicted octanol–water partition coefficient (Wildman–Crippen LogP) is 4.05. The molecule has 0 amide bonds. The molecule has 3 rings (SSSR count). The summed E-state index contributed by atoms with van der Waals surface area (Å²) in [6, 6.07) is 9.53. The first-order chi connectivity index (χ1) is 15.8. The van der Waals surface area contributed by atoms with Crippen LogP contribution < -0.4 is 19.7 Å². The zero-order chi connectivity index (χ0) is 24.1. The lowest BCUT2D eigenvalue weighted by Gasteiger charge is -2.37. The second-order valence-corrected chi connectivity index (χ2v) is 7.78. The van der Waals surface area contributed by atoms with Crippen LogP contribution in [0.15, 0.2) is 47.7 Å². The third kappa shape index (κ3) is 5.09. The number of aryl methyl sites for hydroxylation is 1. The molecule has 176 valence electrons. The lowest BCUT2D eigenvalue weighted by atomic mass is 9.94. The minimum absolute atomic E-state index is 0.0916. The van der Waals surface area contributed by atoms with Crippen molar-refractivity contribution in [3.63, 3.8) is 0 Å². The normalized spacial score (nSPS) is 15.9. The molecule has 0 bridgehead atoms. The molecule has 33 heavy (non-hydrogen) atoms. The lowest BCUT2D eigenvalue weighted by Crippen LogP contribution is -2.48. The van der Waals surface area contributed by atoms with E-state index in [0.717, 1.165) is 5.56 Å². The molecule has 2 aromatic carbocycles. The Morgan fingerprint density at radius 1 is 1.06 bits per heavy atom. The van der Waals surface area contributed by atoms with Crippen molar-refractivity contribution in [2.45, 2.75) is 19.9 Å². The number of nitrogens with one attached hydrogen (secondary N) is 1. The Morgan fingerprint density at radius 3 is 2.42 bits per heavy atom. The van der Waals surface area contributed by atoms with Crippen LogP contribution in [0.4, 0.5) is 10.1 Å². The summed E-state index contributed by atoms with van der Waals surface area (Å²) in [5, 5.41) is 3.53. The number of carbonyl (C=O) groups excluding carboxylic acids is 1. The van der Waals surface area contributed by atoms with Crippen LogP contribution in [0, 0.1) is 12.7 Å². The average molecular weight is 475 g/mol. The Kier molecular flexibility index (Phi) is 7.88. The molecule has 0 aliphatic carbocycles. The SMILES string of the molecule is COCCOC(=O)C1=C(C)N(c2ccc(C)c(F)c2)C(=S)NC1c1ccc(OC)c(OC)c1. The van der Waals surface area contributed by atoms with Crippen molar-refractivity contribution in [2.24, 2.45) is 0 Å². The van der Waals surface area contributed by atoms with Crippen LogP contribution in [0.5, 0.6) is 11.5 Å². The zero-order valence-corrected chi connectivity index (χ0v) is 20.0. The van der Waals surface area contributed by atoms with Gasteiger partial charge in [0.05, 0.1) is 38.1 Å². The highest BCUT2D eigenvalue weighted by Gasteiger charge is 2.36. The molecule has 1 heterocycles. The number of hydrogen-bond donors (Lipinski definition) is 1. The van der Waals surface area contributed by atoms with E-state index < -0.39 is 12.0 Å². The third-order valence-corrected chi connectivity index (χ3v) is 5.68. The molecule has 1 atom stereocenters. The maximum absolute atomic E-state index is 14.3. The summed E-state index contributed by atoms with van der Waals surface area (Å²) in [4.78, 5) is 14.8. The molecule has 2 aromatic rings. The molecule has 1 aliphatic heterocycles. The van der Waals surface area contributed by atoms with Gasteiger partial charge in [-0.3, -0.25) is 4.90 Å². The summed E-state index contributed by atoms with van der Waals surface area (Å²) in [7, 11) is 4.61. The number of anilines is 1. The highest BCUT2D eigenvalue weighted by molar-refractivity contribution is 7.80. The van der Waals surface area contributed by atoms with Crippen molar-refractivity contribution in [2.75, 3.05) is 39.4 Å². The van der Waals surface area contributed by atoms with E-state index in [9.17, 15) is 9.18 Å². The molecular weight excluding hydrogens is 447 g/mol. The van der Waals surface area contributed by atoms with E-state index in [2.05, 4.69) is 5.32 Å². The fraction of sp³-hybridized carbons (Fsp3) is 0.333. The van der Waals surface area contributed by atoms with Gasteiger partial charge >= 0.3 is 5.97 Å². The van der Waals surface area contributed by atoms with Crippen molar-refractivity contribution < 1.29 is 28.1 Å². The number of hydrogen-bond acceptors (Lipinski definition) is 6. The van der Waals surface area contributed by atoms with Crippen LogP contribution in [0.3, 0.4) is 0 Å². The Morgan fingerprint density at radius 2 is 1.79 bits per heavy atom. The monoisotopic (exact) mass is 474 g/mol. The van der Waals surface area contributed by atoms with E-state index >= 15 is 0 Å². The van der Waals surface area contributed by atoms with Crippen molar-refractivity contribution >= 4 is 29.0 Å². The number of carbonyl (C=O) groups is 1. The Balaban J connectivity index is 2.11. The first kappa shape index (κ1) is 24.5. The van der Waals surface area contributed by atoms with E-state index in [1.54, 1.807) is 50.1 Å². The van der Waals surface area contributed by atoms with Gasteiger partial charge in [-0.25, -0.2) is 9.18 Å². The van der Waals surface area contributed by atoms with E-state index in [-0.39, 0.29) is 19.0 Å². The molecule has 0 aromatic heterocycles.